The van der Waals surface area contributed by atoms with E-state index in [4.69, 9.17) is 0 Å². The van der Waals surface area contributed by atoms with Gasteiger partial charge < -0.3 is 9.88 Å². The summed E-state index contributed by atoms with van der Waals surface area (Å²) >= 11 is 1.14. The Kier molecular flexibility index (Phi) is 4.37. The number of halogens is 1. The Morgan fingerprint density at radius 3 is 2.93 bits per heavy atom. The highest BCUT2D eigenvalue weighted by Crippen LogP contribution is 2.30. The maximum atomic E-state index is 13.4. The normalized spacial score (nSPS) is 14.0. The first-order valence-corrected chi connectivity index (χ1v) is 10.2. The Balaban J connectivity index is 1.52. The van der Waals surface area contributed by atoms with Gasteiger partial charge in [-0.2, -0.15) is 0 Å². The van der Waals surface area contributed by atoms with Crippen molar-refractivity contribution < 1.29 is 14.0 Å². The number of fused-ring (bicyclic) bond motifs is 4. The van der Waals surface area contributed by atoms with E-state index in [0.717, 1.165) is 47.6 Å². The molecule has 1 amide bonds. The number of aromatic nitrogens is 2. The molecule has 6 nitrogen and oxygen atoms in total. The van der Waals surface area contributed by atoms with E-state index in [1.54, 1.807) is 6.07 Å². The molecule has 4 aromatic rings. The Hall–Kier alpha value is -3.10. The van der Waals surface area contributed by atoms with Crippen molar-refractivity contribution in [2.45, 2.75) is 13.0 Å². The first-order valence-electron chi connectivity index (χ1n) is 9.34. The summed E-state index contributed by atoms with van der Waals surface area (Å²) in [6.45, 7) is 2.31. The number of anilines is 1. The summed E-state index contributed by atoms with van der Waals surface area (Å²) in [6, 6.07) is 11.9. The molecule has 5 rings (SSSR count). The van der Waals surface area contributed by atoms with Crippen molar-refractivity contribution in [2.75, 3.05) is 18.4 Å². The lowest BCUT2D eigenvalue weighted by Gasteiger charge is -2.06. The molecule has 0 aliphatic carbocycles. The third-order valence-electron chi connectivity index (χ3n) is 5.13. The standard InChI is InChI=1S/C21H17FN4O2S/c22-12-5-6-14-17(11-12)29-21(24-14)25-20(28)19(27)18-13-3-1-2-4-15(13)26-10-9-23-8-7-16(18)26/h1-6,11,23H,7-10H2,(H,24,25,28). The fourth-order valence-corrected chi connectivity index (χ4v) is 4.75. The number of carbonyl (C=O) groups is 2. The number of benzene rings is 2. The number of hydrogen-bond donors (Lipinski definition) is 2. The molecule has 0 saturated heterocycles. The highest BCUT2D eigenvalue weighted by Gasteiger charge is 2.28. The van der Waals surface area contributed by atoms with E-state index >= 15 is 0 Å². The minimum absolute atomic E-state index is 0.278. The van der Waals surface area contributed by atoms with Crippen LogP contribution in [0.4, 0.5) is 9.52 Å². The van der Waals surface area contributed by atoms with E-state index in [1.165, 1.54) is 12.1 Å². The van der Waals surface area contributed by atoms with Gasteiger partial charge in [0.2, 0.25) is 0 Å². The van der Waals surface area contributed by atoms with Crippen molar-refractivity contribution in [3.8, 4) is 0 Å². The number of para-hydroxylation sites is 1. The van der Waals surface area contributed by atoms with Gasteiger partial charge in [0.25, 0.3) is 11.7 Å². The maximum absolute atomic E-state index is 13.4. The van der Waals surface area contributed by atoms with Gasteiger partial charge in [0, 0.05) is 42.7 Å². The Morgan fingerprint density at radius 2 is 2.03 bits per heavy atom. The molecule has 146 valence electrons. The van der Waals surface area contributed by atoms with E-state index in [2.05, 4.69) is 20.2 Å². The summed E-state index contributed by atoms with van der Waals surface area (Å²) in [5.41, 5.74) is 2.86. The highest BCUT2D eigenvalue weighted by molar-refractivity contribution is 7.22. The molecule has 2 N–H and O–H groups in total. The van der Waals surface area contributed by atoms with Crippen LogP contribution in [0.25, 0.3) is 21.1 Å². The van der Waals surface area contributed by atoms with Crippen LogP contribution in [0.15, 0.2) is 42.5 Å². The first-order chi connectivity index (χ1) is 14.1. The van der Waals surface area contributed by atoms with Gasteiger partial charge in [0.1, 0.15) is 5.82 Å². The Labute approximate surface area is 169 Å². The van der Waals surface area contributed by atoms with Crippen molar-refractivity contribution in [1.29, 1.82) is 0 Å². The number of ketones is 1. The number of rotatable bonds is 3. The molecular weight excluding hydrogens is 391 g/mol. The summed E-state index contributed by atoms with van der Waals surface area (Å²) in [4.78, 5) is 30.2. The molecule has 29 heavy (non-hydrogen) atoms. The van der Waals surface area contributed by atoms with Crippen LogP contribution in [-0.2, 0) is 17.8 Å². The SMILES string of the molecule is O=C(Nc1nc2ccc(F)cc2s1)C(=O)c1c2n(c3ccccc13)CCNCC2. The van der Waals surface area contributed by atoms with Gasteiger partial charge in [-0.25, -0.2) is 9.37 Å². The van der Waals surface area contributed by atoms with Crippen LogP contribution in [0, 0.1) is 5.82 Å². The second kappa shape index (κ2) is 7.06. The summed E-state index contributed by atoms with van der Waals surface area (Å²) in [5.74, 6) is -1.69. The van der Waals surface area contributed by atoms with Gasteiger partial charge in [-0.05, 0) is 24.3 Å². The van der Waals surface area contributed by atoms with Gasteiger partial charge in [0.15, 0.2) is 5.13 Å². The maximum Gasteiger partial charge on any atom is 0.298 e. The quantitative estimate of drug-likeness (QED) is 0.403. The van der Waals surface area contributed by atoms with Crippen molar-refractivity contribution >= 4 is 49.3 Å². The number of amides is 1. The van der Waals surface area contributed by atoms with Gasteiger partial charge in [-0.1, -0.05) is 29.5 Å². The molecule has 8 heteroatoms. The number of carbonyl (C=O) groups excluding carboxylic acids is 2. The molecule has 0 unspecified atom stereocenters. The van der Waals surface area contributed by atoms with Crippen LogP contribution in [0.2, 0.25) is 0 Å². The minimum Gasteiger partial charge on any atom is -0.343 e. The fourth-order valence-electron chi connectivity index (χ4n) is 3.87. The molecular formula is C21H17FN4O2S. The molecule has 2 aromatic carbocycles. The van der Waals surface area contributed by atoms with Crippen LogP contribution in [0.5, 0.6) is 0 Å². The molecule has 0 fully saturated rings. The zero-order valence-corrected chi connectivity index (χ0v) is 16.2. The van der Waals surface area contributed by atoms with E-state index in [0.29, 0.717) is 22.2 Å². The largest absolute Gasteiger partial charge is 0.343 e. The second-order valence-corrected chi connectivity index (χ2v) is 7.94. The van der Waals surface area contributed by atoms with Crippen LogP contribution < -0.4 is 10.6 Å². The second-order valence-electron chi connectivity index (χ2n) is 6.90. The molecule has 0 bridgehead atoms. The van der Waals surface area contributed by atoms with Gasteiger partial charge in [0.05, 0.1) is 15.8 Å². The lowest BCUT2D eigenvalue weighted by atomic mass is 10.0. The predicted octanol–water partition coefficient (Wildman–Crippen LogP) is 3.36. The van der Waals surface area contributed by atoms with Crippen LogP contribution in [-0.4, -0.2) is 34.3 Å². The minimum atomic E-state index is -0.735. The number of nitrogens with one attached hydrogen (secondary N) is 2. The van der Waals surface area contributed by atoms with Crippen molar-refractivity contribution in [3.63, 3.8) is 0 Å². The van der Waals surface area contributed by atoms with Crippen LogP contribution in [0.3, 0.4) is 0 Å². The lowest BCUT2D eigenvalue weighted by molar-refractivity contribution is -0.112. The van der Waals surface area contributed by atoms with Gasteiger partial charge in [-0.15, -0.1) is 0 Å². The molecule has 1 aliphatic rings. The fraction of sp³-hybridized carbons (Fsp3) is 0.190. The van der Waals surface area contributed by atoms with Gasteiger partial charge in [-0.3, -0.25) is 14.9 Å². The van der Waals surface area contributed by atoms with E-state index in [-0.39, 0.29) is 10.9 Å². The summed E-state index contributed by atoms with van der Waals surface area (Å²) < 4.78 is 16.1. The summed E-state index contributed by atoms with van der Waals surface area (Å²) in [6.07, 6.45) is 0.670. The number of nitrogens with zero attached hydrogens (tertiary/aromatic N) is 2. The molecule has 0 saturated carbocycles. The molecule has 2 aromatic heterocycles. The monoisotopic (exact) mass is 408 g/mol. The van der Waals surface area contributed by atoms with Crippen molar-refractivity contribution in [3.05, 3.63) is 59.5 Å². The smallest absolute Gasteiger partial charge is 0.298 e. The third kappa shape index (κ3) is 3.10. The van der Waals surface area contributed by atoms with E-state index in [1.807, 2.05) is 24.3 Å². The summed E-state index contributed by atoms with van der Waals surface area (Å²) in [7, 11) is 0. The lowest BCUT2D eigenvalue weighted by Crippen LogP contribution is -2.24. The highest BCUT2D eigenvalue weighted by atomic mass is 32.1. The van der Waals surface area contributed by atoms with Crippen LogP contribution in [0.1, 0.15) is 16.1 Å². The zero-order valence-electron chi connectivity index (χ0n) is 15.4. The Morgan fingerprint density at radius 1 is 1.17 bits per heavy atom. The number of thiazole rings is 1. The van der Waals surface area contributed by atoms with E-state index in [9.17, 15) is 14.0 Å². The molecule has 0 spiro atoms. The average Bonchev–Trinajstić information content (AvgIpc) is 3.14. The van der Waals surface area contributed by atoms with Crippen LogP contribution >= 0.6 is 11.3 Å². The predicted molar refractivity (Wildman–Crippen MR) is 111 cm³/mol. The average molecular weight is 408 g/mol. The van der Waals surface area contributed by atoms with E-state index < -0.39 is 11.7 Å². The van der Waals surface area contributed by atoms with Crippen molar-refractivity contribution in [1.82, 2.24) is 14.9 Å². The molecule has 1 aliphatic heterocycles. The Bertz CT molecular complexity index is 1280. The molecule has 0 radical (unpaired) electrons. The topological polar surface area (TPSA) is 76.0 Å². The van der Waals surface area contributed by atoms with Crippen molar-refractivity contribution in [2.24, 2.45) is 0 Å². The third-order valence-corrected chi connectivity index (χ3v) is 6.07. The molecule has 0 atom stereocenters. The first kappa shape index (κ1) is 18.0. The van der Waals surface area contributed by atoms with Gasteiger partial charge >= 0.3 is 0 Å². The number of hydrogen-bond acceptors (Lipinski definition) is 5. The zero-order chi connectivity index (χ0) is 20.0. The summed E-state index contributed by atoms with van der Waals surface area (Å²) in [5, 5.41) is 6.99. The molecule has 3 heterocycles. The number of Topliss-reactive ketones (excluding diaryl/α,β-unsaturated/α-hetero) is 1.